The molecule has 0 bridgehead atoms. The number of ether oxygens (including phenoxy) is 1. The second kappa shape index (κ2) is 15.7. The summed E-state index contributed by atoms with van der Waals surface area (Å²) in [6.45, 7) is 8.62. The van der Waals surface area contributed by atoms with E-state index in [2.05, 4.69) is 51.7 Å². The molecule has 1 aliphatic rings. The Labute approximate surface area is 202 Å². The number of likely N-dealkylation sites (N-methyl/N-ethyl adjacent to an activating group) is 1. The molecular weight excluding hydrogens is 513 g/mol. The summed E-state index contributed by atoms with van der Waals surface area (Å²) in [6, 6.07) is 10.4. The normalized spacial score (nSPS) is 15.8. The number of morpholine rings is 1. The van der Waals surface area contributed by atoms with Crippen LogP contribution in [-0.4, -0.2) is 93.5 Å². The Morgan fingerprint density at radius 3 is 2.60 bits per heavy atom. The summed E-state index contributed by atoms with van der Waals surface area (Å²) < 4.78 is 5.39. The largest absolute Gasteiger partial charge is 0.379 e. The zero-order valence-electron chi connectivity index (χ0n) is 18.3. The fourth-order valence-corrected chi connectivity index (χ4v) is 3.76. The lowest BCUT2D eigenvalue weighted by Crippen LogP contribution is -2.42. The number of benzene rings is 1. The number of aliphatic imine (C=N–C) groups is 1. The summed E-state index contributed by atoms with van der Waals surface area (Å²) >= 11 is 1.82. The highest BCUT2D eigenvalue weighted by atomic mass is 127. The minimum absolute atomic E-state index is 0. The van der Waals surface area contributed by atoms with Crippen LogP contribution in [0.2, 0.25) is 0 Å². The molecule has 0 spiro atoms. The van der Waals surface area contributed by atoms with Crippen LogP contribution >= 0.6 is 35.7 Å². The summed E-state index contributed by atoms with van der Waals surface area (Å²) in [4.78, 5) is 21.6. The third-order valence-electron chi connectivity index (χ3n) is 4.56. The molecule has 2 rings (SSSR count). The average Bonchev–Trinajstić information content (AvgIpc) is 2.73. The molecule has 1 atom stereocenters. The van der Waals surface area contributed by atoms with Crippen LogP contribution in [0.4, 0.5) is 0 Å². The number of nitrogens with zero attached hydrogens (tertiary/aromatic N) is 3. The van der Waals surface area contributed by atoms with Gasteiger partial charge in [-0.3, -0.25) is 9.69 Å². The number of amides is 1. The van der Waals surface area contributed by atoms with Gasteiger partial charge in [0.2, 0.25) is 5.91 Å². The van der Waals surface area contributed by atoms with Crippen LogP contribution in [-0.2, 0) is 9.53 Å². The fraction of sp³-hybridized carbons (Fsp3) is 0.619. The first-order valence-electron chi connectivity index (χ1n) is 10.3. The minimum atomic E-state index is -0.00822. The maximum Gasteiger partial charge on any atom is 0.243 e. The van der Waals surface area contributed by atoms with Crippen molar-refractivity contribution in [1.82, 2.24) is 20.4 Å². The number of thioether (sulfide) groups is 1. The number of hydrogen-bond donors (Lipinski definition) is 2. The highest BCUT2D eigenvalue weighted by Crippen LogP contribution is 2.21. The van der Waals surface area contributed by atoms with Gasteiger partial charge < -0.3 is 20.3 Å². The summed E-state index contributed by atoms with van der Waals surface area (Å²) in [5.74, 6) is 0.689. The molecule has 1 unspecified atom stereocenters. The van der Waals surface area contributed by atoms with Crippen molar-refractivity contribution < 1.29 is 9.53 Å². The zero-order valence-corrected chi connectivity index (χ0v) is 21.4. The van der Waals surface area contributed by atoms with Gasteiger partial charge in [-0.05, 0) is 25.1 Å². The second-order valence-electron chi connectivity index (χ2n) is 7.31. The number of halogens is 1. The maximum atomic E-state index is 11.9. The molecule has 1 saturated heterocycles. The van der Waals surface area contributed by atoms with Gasteiger partial charge in [0.25, 0.3) is 0 Å². The van der Waals surface area contributed by atoms with Crippen LogP contribution in [0.1, 0.15) is 13.3 Å². The van der Waals surface area contributed by atoms with Gasteiger partial charge in [-0.25, -0.2) is 4.99 Å². The number of guanidine groups is 1. The van der Waals surface area contributed by atoms with Crippen molar-refractivity contribution in [3.8, 4) is 0 Å². The lowest BCUT2D eigenvalue weighted by Gasteiger charge is -2.26. The summed E-state index contributed by atoms with van der Waals surface area (Å²) in [6.07, 6.45) is 1.02. The van der Waals surface area contributed by atoms with Crippen molar-refractivity contribution in [2.75, 3.05) is 66.6 Å². The molecule has 0 saturated carbocycles. The Morgan fingerprint density at radius 1 is 1.23 bits per heavy atom. The molecule has 1 heterocycles. The number of carbonyl (C=O) groups excluding carboxylic acids is 1. The Bertz CT molecular complexity index is 627. The standard InChI is InChI=1S/C21H35N5O2S.HI/c1-18(29-19-8-5-4-6-9-19)16-23-21(24-17-20(27)25(2)3)22-10-7-11-26-12-14-28-15-13-26;/h4-6,8-9,18H,7,10-17H2,1-3H3,(H2,22,23,24);1H. The summed E-state index contributed by atoms with van der Waals surface area (Å²) in [5.41, 5.74) is 0. The Balaban J connectivity index is 0.00000450. The predicted molar refractivity (Wildman–Crippen MR) is 136 cm³/mol. The van der Waals surface area contributed by atoms with Gasteiger partial charge in [0.15, 0.2) is 5.96 Å². The van der Waals surface area contributed by atoms with Crippen LogP contribution in [0, 0.1) is 0 Å². The van der Waals surface area contributed by atoms with E-state index in [-0.39, 0.29) is 36.4 Å². The predicted octanol–water partition coefficient (Wildman–Crippen LogP) is 2.13. The van der Waals surface area contributed by atoms with Crippen molar-refractivity contribution in [2.24, 2.45) is 4.99 Å². The molecule has 170 valence electrons. The topological polar surface area (TPSA) is 69.2 Å². The molecule has 1 aromatic rings. The molecular formula is C21H36IN5O2S. The van der Waals surface area contributed by atoms with Crippen LogP contribution in [0.25, 0.3) is 0 Å². The second-order valence-corrected chi connectivity index (χ2v) is 8.82. The third kappa shape index (κ3) is 11.4. The Kier molecular flexibility index (Phi) is 14.1. The Morgan fingerprint density at radius 2 is 1.93 bits per heavy atom. The smallest absolute Gasteiger partial charge is 0.243 e. The molecule has 30 heavy (non-hydrogen) atoms. The summed E-state index contributed by atoms with van der Waals surface area (Å²) in [5, 5.41) is 7.14. The summed E-state index contributed by atoms with van der Waals surface area (Å²) in [7, 11) is 3.50. The SMILES string of the molecule is CC(CNC(=NCC(=O)N(C)C)NCCCN1CCOCC1)Sc1ccccc1.I. The molecule has 0 aliphatic carbocycles. The van der Waals surface area contributed by atoms with E-state index < -0.39 is 0 Å². The Hall–Kier alpha value is -1.04. The van der Waals surface area contributed by atoms with Gasteiger partial charge in [-0.15, -0.1) is 35.7 Å². The third-order valence-corrected chi connectivity index (χ3v) is 5.67. The van der Waals surface area contributed by atoms with Gasteiger partial charge in [-0.1, -0.05) is 25.1 Å². The quantitative estimate of drug-likeness (QED) is 0.153. The van der Waals surface area contributed by atoms with E-state index in [1.807, 2.05) is 17.8 Å². The average molecular weight is 550 g/mol. The zero-order chi connectivity index (χ0) is 20.9. The van der Waals surface area contributed by atoms with Crippen LogP contribution in [0.5, 0.6) is 0 Å². The first-order chi connectivity index (χ1) is 14.0. The highest BCUT2D eigenvalue weighted by molar-refractivity contribution is 14.0. The van der Waals surface area contributed by atoms with E-state index in [9.17, 15) is 4.79 Å². The van der Waals surface area contributed by atoms with E-state index in [0.717, 1.165) is 52.4 Å². The number of hydrogen-bond acceptors (Lipinski definition) is 5. The molecule has 9 heteroatoms. The first kappa shape index (κ1) is 27.0. The fourth-order valence-electron chi connectivity index (χ4n) is 2.81. The molecule has 2 N–H and O–H groups in total. The van der Waals surface area contributed by atoms with Crippen molar-refractivity contribution in [3.05, 3.63) is 30.3 Å². The van der Waals surface area contributed by atoms with Gasteiger partial charge in [-0.2, -0.15) is 0 Å². The lowest BCUT2D eigenvalue weighted by molar-refractivity contribution is -0.127. The van der Waals surface area contributed by atoms with Gasteiger partial charge in [0.05, 0.1) is 13.2 Å². The van der Waals surface area contributed by atoms with Gasteiger partial charge in [0, 0.05) is 50.4 Å². The van der Waals surface area contributed by atoms with E-state index >= 15 is 0 Å². The number of nitrogens with one attached hydrogen (secondary N) is 2. The van der Waals surface area contributed by atoms with Gasteiger partial charge in [0.1, 0.15) is 6.54 Å². The van der Waals surface area contributed by atoms with Crippen molar-refractivity contribution in [1.29, 1.82) is 0 Å². The van der Waals surface area contributed by atoms with Crippen molar-refractivity contribution in [3.63, 3.8) is 0 Å². The molecule has 1 fully saturated rings. The monoisotopic (exact) mass is 549 g/mol. The van der Waals surface area contributed by atoms with E-state index in [1.54, 1.807) is 19.0 Å². The van der Waals surface area contributed by atoms with E-state index in [1.165, 1.54) is 4.90 Å². The minimum Gasteiger partial charge on any atom is -0.379 e. The molecule has 1 aromatic carbocycles. The van der Waals surface area contributed by atoms with Crippen molar-refractivity contribution >= 4 is 47.6 Å². The molecule has 1 amide bonds. The maximum absolute atomic E-state index is 11.9. The van der Waals surface area contributed by atoms with E-state index in [0.29, 0.717) is 11.2 Å². The van der Waals surface area contributed by atoms with Crippen molar-refractivity contribution in [2.45, 2.75) is 23.5 Å². The first-order valence-corrected chi connectivity index (χ1v) is 11.2. The molecule has 0 aromatic heterocycles. The molecule has 7 nitrogen and oxygen atoms in total. The highest BCUT2D eigenvalue weighted by Gasteiger charge is 2.10. The number of carbonyl (C=O) groups is 1. The molecule has 0 radical (unpaired) electrons. The lowest BCUT2D eigenvalue weighted by atomic mass is 10.3. The van der Waals surface area contributed by atoms with Crippen LogP contribution in [0.15, 0.2) is 40.2 Å². The van der Waals surface area contributed by atoms with Crippen LogP contribution < -0.4 is 10.6 Å². The number of rotatable bonds is 10. The van der Waals surface area contributed by atoms with E-state index in [4.69, 9.17) is 4.74 Å². The van der Waals surface area contributed by atoms with Gasteiger partial charge >= 0.3 is 0 Å². The molecule has 1 aliphatic heterocycles. The van der Waals surface area contributed by atoms with Crippen LogP contribution in [0.3, 0.4) is 0 Å².